The van der Waals surface area contributed by atoms with Gasteiger partial charge in [-0.15, -0.1) is 0 Å². The van der Waals surface area contributed by atoms with Gasteiger partial charge < -0.3 is 0 Å². The molecule has 34 heavy (non-hydrogen) atoms. The predicted octanol–water partition coefficient (Wildman–Crippen LogP) is 8.30. The van der Waals surface area contributed by atoms with Crippen molar-refractivity contribution in [1.29, 1.82) is 0 Å². The third-order valence-corrected chi connectivity index (χ3v) is 5.45. The Hall–Kier alpha value is -3.72. The fraction of sp³-hybridized carbons (Fsp3) is 0.143. The first-order valence-electron chi connectivity index (χ1n) is 10.6. The molecule has 0 saturated carbocycles. The Morgan fingerprint density at radius 2 is 1.38 bits per heavy atom. The highest BCUT2D eigenvalue weighted by molar-refractivity contribution is 5.89. The highest BCUT2D eigenvalue weighted by Gasteiger charge is 2.37. The van der Waals surface area contributed by atoms with Gasteiger partial charge in [0.1, 0.15) is 23.0 Å². The van der Waals surface area contributed by atoms with Gasteiger partial charge in [0.25, 0.3) is 0 Å². The molecule has 0 aliphatic carbocycles. The summed E-state index contributed by atoms with van der Waals surface area (Å²) in [6.45, 7) is 2.12. The zero-order valence-electron chi connectivity index (χ0n) is 18.0. The summed E-state index contributed by atoms with van der Waals surface area (Å²) in [5, 5.41) is 0.952. The highest BCUT2D eigenvalue weighted by Crippen LogP contribution is 2.34. The monoisotopic (exact) mass is 468 g/mol. The molecule has 0 fully saturated rings. The quantitative estimate of drug-likeness (QED) is 0.210. The molecule has 0 atom stereocenters. The molecule has 0 spiro atoms. The fourth-order valence-electron chi connectivity index (χ4n) is 3.78. The Balaban J connectivity index is 1.65. The normalized spacial score (nSPS) is 11.4. The number of halogens is 6. The van der Waals surface area contributed by atoms with Crippen LogP contribution in [-0.4, -0.2) is 0 Å². The van der Waals surface area contributed by atoms with Crippen molar-refractivity contribution >= 4 is 10.8 Å². The van der Waals surface area contributed by atoms with E-state index in [0.717, 1.165) is 24.0 Å². The second-order valence-electron chi connectivity index (χ2n) is 7.87. The number of aryl methyl sites for hydroxylation is 1. The summed E-state index contributed by atoms with van der Waals surface area (Å²) in [4.78, 5) is 0. The molecule has 0 bridgehead atoms. The van der Waals surface area contributed by atoms with Crippen LogP contribution >= 0.6 is 0 Å². The van der Waals surface area contributed by atoms with Crippen LogP contribution < -0.4 is 0 Å². The Morgan fingerprint density at radius 1 is 0.735 bits per heavy atom. The third-order valence-electron chi connectivity index (χ3n) is 5.45. The van der Waals surface area contributed by atoms with Crippen molar-refractivity contribution in [3.05, 3.63) is 106 Å². The van der Waals surface area contributed by atoms with Gasteiger partial charge in [0.2, 0.25) is 0 Å². The first-order chi connectivity index (χ1) is 16.2. The predicted molar refractivity (Wildman–Crippen MR) is 121 cm³/mol. The Bertz CT molecular complexity index is 1400. The number of benzene rings is 4. The molecule has 0 aliphatic rings. The van der Waals surface area contributed by atoms with E-state index in [4.69, 9.17) is 0 Å². The summed E-state index contributed by atoms with van der Waals surface area (Å²) in [6.07, 6.45) is -3.11. The number of rotatable bonds is 3. The van der Waals surface area contributed by atoms with Crippen LogP contribution in [0.15, 0.2) is 66.7 Å². The second-order valence-corrected chi connectivity index (χ2v) is 7.87. The standard InChI is InChI=1S/C28H18F6/c1-2-3-17-4-7-19(8-5-17)21-12-13-23-22(16-21)11-10-20(27(23)31)9-6-18-14-24(29)26(25(30)15-18)28(32,33)34/h4-5,7-8,10-16H,2-3H2,1H3. The van der Waals surface area contributed by atoms with Gasteiger partial charge in [-0.3, -0.25) is 0 Å². The summed E-state index contributed by atoms with van der Waals surface area (Å²) in [7, 11) is 0. The van der Waals surface area contributed by atoms with Crippen molar-refractivity contribution in [1.82, 2.24) is 0 Å². The van der Waals surface area contributed by atoms with Crippen molar-refractivity contribution < 1.29 is 26.3 Å². The van der Waals surface area contributed by atoms with Gasteiger partial charge in [0.15, 0.2) is 0 Å². The molecule has 0 heterocycles. The van der Waals surface area contributed by atoms with Crippen LogP contribution in [0.1, 0.15) is 35.6 Å². The number of hydrogen-bond acceptors (Lipinski definition) is 0. The fourth-order valence-corrected chi connectivity index (χ4v) is 3.78. The molecule has 0 aliphatic heterocycles. The molecule has 4 aromatic carbocycles. The average molecular weight is 468 g/mol. The SMILES string of the molecule is CCCc1ccc(-c2ccc3c(F)c(C#Cc4cc(F)c(C(F)(F)F)c(F)c4)ccc3c2)cc1. The molecule has 4 rings (SSSR count). The number of fused-ring (bicyclic) bond motifs is 1. The smallest absolute Gasteiger partial charge is 0.206 e. The molecule has 172 valence electrons. The van der Waals surface area contributed by atoms with E-state index < -0.39 is 29.2 Å². The highest BCUT2D eigenvalue weighted by atomic mass is 19.4. The maximum atomic E-state index is 15.0. The lowest BCUT2D eigenvalue weighted by Gasteiger charge is -2.09. The van der Waals surface area contributed by atoms with Crippen LogP contribution in [0, 0.1) is 29.3 Å². The Kier molecular flexibility index (Phi) is 6.39. The van der Waals surface area contributed by atoms with E-state index in [1.54, 1.807) is 18.2 Å². The molecule has 0 unspecified atom stereocenters. The molecule has 0 N–H and O–H groups in total. The van der Waals surface area contributed by atoms with Crippen molar-refractivity contribution in [2.75, 3.05) is 0 Å². The van der Waals surface area contributed by atoms with Crippen molar-refractivity contribution in [2.24, 2.45) is 0 Å². The van der Waals surface area contributed by atoms with Gasteiger partial charge in [-0.05, 0) is 52.8 Å². The van der Waals surface area contributed by atoms with Gasteiger partial charge in [0, 0.05) is 10.9 Å². The van der Waals surface area contributed by atoms with E-state index in [9.17, 15) is 22.0 Å². The Labute approximate surface area is 192 Å². The third kappa shape index (κ3) is 4.79. The van der Waals surface area contributed by atoms with Gasteiger partial charge in [-0.25, -0.2) is 13.2 Å². The maximum Gasteiger partial charge on any atom is 0.422 e. The minimum absolute atomic E-state index is 0.0371. The zero-order valence-corrected chi connectivity index (χ0v) is 18.0. The molecule has 4 aromatic rings. The molecule has 0 amide bonds. The lowest BCUT2D eigenvalue weighted by atomic mass is 9.98. The van der Waals surface area contributed by atoms with Crippen LogP contribution in [0.25, 0.3) is 21.9 Å². The summed E-state index contributed by atoms with van der Waals surface area (Å²) in [6, 6.07) is 17.5. The minimum atomic E-state index is -5.17. The van der Waals surface area contributed by atoms with Crippen molar-refractivity contribution in [2.45, 2.75) is 25.9 Å². The van der Waals surface area contributed by atoms with Gasteiger partial charge in [0.05, 0.1) is 5.56 Å². The van der Waals surface area contributed by atoms with Gasteiger partial charge >= 0.3 is 6.18 Å². The largest absolute Gasteiger partial charge is 0.422 e. The van der Waals surface area contributed by atoms with Crippen molar-refractivity contribution in [3.8, 4) is 23.0 Å². The number of hydrogen-bond donors (Lipinski definition) is 0. The van der Waals surface area contributed by atoms with Gasteiger partial charge in [-0.2, -0.15) is 13.2 Å². The molecule has 0 saturated heterocycles. The topological polar surface area (TPSA) is 0 Å². The summed E-state index contributed by atoms with van der Waals surface area (Å²) in [5.74, 6) is 0.634. The summed E-state index contributed by atoms with van der Waals surface area (Å²) in [5.41, 5.74) is 0.816. The van der Waals surface area contributed by atoms with Crippen LogP contribution in [0.3, 0.4) is 0 Å². The Morgan fingerprint density at radius 3 is 2.00 bits per heavy atom. The summed E-state index contributed by atoms with van der Waals surface area (Å²) < 4.78 is 80.7. The van der Waals surface area contributed by atoms with E-state index in [1.807, 2.05) is 18.2 Å². The lowest BCUT2D eigenvalue weighted by molar-refractivity contribution is -0.142. The van der Waals surface area contributed by atoms with E-state index >= 15 is 4.39 Å². The van der Waals surface area contributed by atoms with E-state index in [2.05, 4.69) is 30.9 Å². The average Bonchev–Trinajstić information content (AvgIpc) is 2.78. The second kappa shape index (κ2) is 9.26. The number of alkyl halides is 3. The molecular formula is C28H18F6. The van der Waals surface area contributed by atoms with Crippen LogP contribution in [0.2, 0.25) is 0 Å². The zero-order chi connectivity index (χ0) is 24.5. The first-order valence-corrected chi connectivity index (χ1v) is 10.6. The molecule has 0 aromatic heterocycles. The van der Waals surface area contributed by atoms with E-state index in [1.165, 1.54) is 11.6 Å². The lowest BCUT2D eigenvalue weighted by Crippen LogP contribution is -2.11. The van der Waals surface area contributed by atoms with Crippen LogP contribution in [0.4, 0.5) is 26.3 Å². The van der Waals surface area contributed by atoms with Crippen molar-refractivity contribution in [3.63, 3.8) is 0 Å². The van der Waals surface area contributed by atoms with E-state index in [-0.39, 0.29) is 11.1 Å². The molecule has 0 radical (unpaired) electrons. The summed E-state index contributed by atoms with van der Waals surface area (Å²) >= 11 is 0. The van der Waals surface area contributed by atoms with Crippen LogP contribution in [-0.2, 0) is 12.6 Å². The molecule has 0 nitrogen and oxygen atoms in total. The first kappa shape index (κ1) is 23.4. The minimum Gasteiger partial charge on any atom is -0.206 e. The maximum absolute atomic E-state index is 15.0. The molecule has 6 heteroatoms. The van der Waals surface area contributed by atoms with Crippen LogP contribution in [0.5, 0.6) is 0 Å². The molecular weight excluding hydrogens is 450 g/mol. The van der Waals surface area contributed by atoms with E-state index in [0.29, 0.717) is 22.9 Å². The van der Waals surface area contributed by atoms with Gasteiger partial charge in [-0.1, -0.05) is 67.6 Å².